The van der Waals surface area contributed by atoms with E-state index in [-0.39, 0.29) is 23.7 Å². The molecule has 2 rings (SSSR count). The van der Waals surface area contributed by atoms with Gasteiger partial charge in [-0.2, -0.15) is 0 Å². The van der Waals surface area contributed by atoms with Crippen LogP contribution in [0.5, 0.6) is 0 Å². The molecular weight excluding hydrogens is 276 g/mol. The minimum atomic E-state index is 0. The zero-order valence-electron chi connectivity index (χ0n) is 12.5. The van der Waals surface area contributed by atoms with Crippen molar-refractivity contribution in [1.82, 2.24) is 5.32 Å². The van der Waals surface area contributed by atoms with Gasteiger partial charge in [-0.15, -0.1) is 12.4 Å². The predicted octanol–water partition coefficient (Wildman–Crippen LogP) is 2.39. The SMILES string of the molecule is CCOC1CC(NC(=O)CCCN)C12CCCCC2.Cl. The number of rotatable bonds is 6. The molecule has 0 aromatic carbocycles. The standard InChI is InChI=1S/C15H28N2O2.ClH/c1-2-19-13-11-12(17-14(18)7-6-10-16)15(13)8-4-3-5-9-15;/h12-13H,2-11,16H2,1H3,(H,17,18);1H. The van der Waals surface area contributed by atoms with Crippen molar-refractivity contribution < 1.29 is 9.53 Å². The van der Waals surface area contributed by atoms with Crippen LogP contribution in [0.25, 0.3) is 0 Å². The molecule has 3 N–H and O–H groups in total. The van der Waals surface area contributed by atoms with Crippen molar-refractivity contribution in [2.24, 2.45) is 11.1 Å². The van der Waals surface area contributed by atoms with Crippen molar-refractivity contribution in [2.75, 3.05) is 13.2 Å². The summed E-state index contributed by atoms with van der Waals surface area (Å²) in [5.41, 5.74) is 5.68. The molecule has 2 saturated carbocycles. The van der Waals surface area contributed by atoms with E-state index in [4.69, 9.17) is 10.5 Å². The van der Waals surface area contributed by atoms with Crippen LogP contribution in [-0.4, -0.2) is 31.2 Å². The summed E-state index contributed by atoms with van der Waals surface area (Å²) in [7, 11) is 0. The molecule has 4 nitrogen and oxygen atoms in total. The Balaban J connectivity index is 0.00000200. The van der Waals surface area contributed by atoms with E-state index in [2.05, 4.69) is 12.2 Å². The number of nitrogens with two attached hydrogens (primary N) is 1. The third-order valence-electron chi connectivity index (χ3n) is 4.88. The van der Waals surface area contributed by atoms with Gasteiger partial charge in [-0.25, -0.2) is 0 Å². The zero-order valence-corrected chi connectivity index (χ0v) is 13.3. The van der Waals surface area contributed by atoms with Gasteiger partial charge in [0.1, 0.15) is 0 Å². The van der Waals surface area contributed by atoms with Crippen molar-refractivity contribution in [2.45, 2.75) is 70.4 Å². The molecule has 2 fully saturated rings. The van der Waals surface area contributed by atoms with Crippen LogP contribution in [0, 0.1) is 5.41 Å². The van der Waals surface area contributed by atoms with Crippen LogP contribution in [0.4, 0.5) is 0 Å². The van der Waals surface area contributed by atoms with Crippen LogP contribution in [0.1, 0.15) is 58.3 Å². The average molecular weight is 305 g/mol. The van der Waals surface area contributed by atoms with Gasteiger partial charge in [0.05, 0.1) is 6.10 Å². The van der Waals surface area contributed by atoms with Crippen molar-refractivity contribution in [3.8, 4) is 0 Å². The molecule has 1 spiro atoms. The largest absolute Gasteiger partial charge is 0.378 e. The van der Waals surface area contributed by atoms with E-state index in [1.807, 2.05) is 0 Å². The summed E-state index contributed by atoms with van der Waals surface area (Å²) in [6.07, 6.45) is 8.98. The smallest absolute Gasteiger partial charge is 0.220 e. The number of ether oxygens (including phenoxy) is 1. The van der Waals surface area contributed by atoms with E-state index < -0.39 is 0 Å². The van der Waals surface area contributed by atoms with Crippen LogP contribution in [-0.2, 0) is 9.53 Å². The summed E-state index contributed by atoms with van der Waals surface area (Å²) in [6, 6.07) is 0.328. The van der Waals surface area contributed by atoms with Gasteiger partial charge >= 0.3 is 0 Å². The summed E-state index contributed by atoms with van der Waals surface area (Å²) in [6.45, 7) is 3.43. The second-order valence-corrected chi connectivity index (χ2v) is 5.99. The van der Waals surface area contributed by atoms with Gasteiger partial charge in [-0.3, -0.25) is 4.79 Å². The summed E-state index contributed by atoms with van der Waals surface area (Å²) in [5, 5.41) is 3.23. The Morgan fingerprint density at radius 3 is 2.65 bits per heavy atom. The molecule has 0 saturated heterocycles. The summed E-state index contributed by atoms with van der Waals surface area (Å²) < 4.78 is 5.89. The van der Waals surface area contributed by atoms with Crippen molar-refractivity contribution in [3.05, 3.63) is 0 Å². The molecule has 2 unspecified atom stereocenters. The second-order valence-electron chi connectivity index (χ2n) is 5.99. The fraction of sp³-hybridized carbons (Fsp3) is 0.933. The topological polar surface area (TPSA) is 64.3 Å². The Hall–Kier alpha value is -0.320. The monoisotopic (exact) mass is 304 g/mol. The van der Waals surface area contributed by atoms with Crippen LogP contribution in [0.2, 0.25) is 0 Å². The lowest BCUT2D eigenvalue weighted by atomic mass is 9.55. The van der Waals surface area contributed by atoms with Gasteiger partial charge in [0.15, 0.2) is 0 Å². The first-order valence-electron chi connectivity index (χ1n) is 7.84. The van der Waals surface area contributed by atoms with Gasteiger partial charge in [0, 0.05) is 24.5 Å². The highest BCUT2D eigenvalue weighted by molar-refractivity contribution is 5.85. The minimum Gasteiger partial charge on any atom is -0.378 e. The molecule has 2 atom stereocenters. The maximum atomic E-state index is 11.9. The molecule has 0 aliphatic heterocycles. The number of hydrogen-bond donors (Lipinski definition) is 2. The molecule has 20 heavy (non-hydrogen) atoms. The third-order valence-corrected chi connectivity index (χ3v) is 4.88. The first kappa shape index (κ1) is 17.7. The fourth-order valence-electron chi connectivity index (χ4n) is 3.79. The van der Waals surface area contributed by atoms with E-state index in [9.17, 15) is 4.79 Å². The molecule has 0 heterocycles. The van der Waals surface area contributed by atoms with E-state index in [0.29, 0.717) is 25.1 Å². The Bertz CT molecular complexity index is 306. The summed E-state index contributed by atoms with van der Waals surface area (Å²) >= 11 is 0. The molecule has 2 aliphatic rings. The van der Waals surface area contributed by atoms with Crippen molar-refractivity contribution in [3.63, 3.8) is 0 Å². The fourth-order valence-corrected chi connectivity index (χ4v) is 3.79. The van der Waals surface area contributed by atoms with Gasteiger partial charge in [-0.05, 0) is 39.2 Å². The van der Waals surface area contributed by atoms with Crippen LogP contribution in [0.3, 0.4) is 0 Å². The Morgan fingerprint density at radius 2 is 2.05 bits per heavy atom. The molecular formula is C15H29ClN2O2. The minimum absolute atomic E-state index is 0. The van der Waals surface area contributed by atoms with Crippen molar-refractivity contribution >= 4 is 18.3 Å². The molecule has 2 aliphatic carbocycles. The van der Waals surface area contributed by atoms with Crippen LogP contribution in [0.15, 0.2) is 0 Å². The van der Waals surface area contributed by atoms with E-state index in [1.54, 1.807) is 0 Å². The predicted molar refractivity (Wildman–Crippen MR) is 83.0 cm³/mol. The first-order chi connectivity index (χ1) is 9.23. The van der Waals surface area contributed by atoms with Gasteiger partial charge in [0.2, 0.25) is 5.91 Å². The highest BCUT2D eigenvalue weighted by Gasteiger charge is 2.55. The second kappa shape index (κ2) is 8.20. The molecule has 0 aromatic rings. The van der Waals surface area contributed by atoms with Crippen LogP contribution < -0.4 is 11.1 Å². The molecule has 5 heteroatoms. The molecule has 0 radical (unpaired) electrons. The van der Waals surface area contributed by atoms with Crippen molar-refractivity contribution in [1.29, 1.82) is 0 Å². The van der Waals surface area contributed by atoms with Gasteiger partial charge in [0.25, 0.3) is 0 Å². The summed E-state index contributed by atoms with van der Waals surface area (Å²) in [5.74, 6) is 0.162. The Kier molecular flexibility index (Phi) is 7.27. The lowest BCUT2D eigenvalue weighted by Gasteiger charge is -2.57. The highest BCUT2D eigenvalue weighted by Crippen LogP contribution is 2.53. The van der Waals surface area contributed by atoms with E-state index in [1.165, 1.54) is 32.1 Å². The number of halogens is 1. The normalized spacial score (nSPS) is 27.5. The maximum absolute atomic E-state index is 11.9. The average Bonchev–Trinajstić information content (AvgIpc) is 2.45. The highest BCUT2D eigenvalue weighted by atomic mass is 35.5. The number of nitrogens with one attached hydrogen (secondary N) is 1. The Morgan fingerprint density at radius 1 is 1.35 bits per heavy atom. The van der Waals surface area contributed by atoms with Gasteiger partial charge in [-0.1, -0.05) is 19.3 Å². The number of amides is 1. The van der Waals surface area contributed by atoms with E-state index in [0.717, 1.165) is 19.4 Å². The Labute approximate surface area is 128 Å². The number of hydrogen-bond acceptors (Lipinski definition) is 3. The summed E-state index contributed by atoms with van der Waals surface area (Å²) in [4.78, 5) is 11.9. The first-order valence-corrected chi connectivity index (χ1v) is 7.84. The molecule has 118 valence electrons. The molecule has 0 bridgehead atoms. The zero-order chi connectivity index (χ0) is 13.7. The van der Waals surface area contributed by atoms with Gasteiger partial charge < -0.3 is 15.8 Å². The lowest BCUT2D eigenvalue weighted by molar-refractivity contribution is -0.157. The lowest BCUT2D eigenvalue weighted by Crippen LogP contribution is -2.65. The molecule has 0 aromatic heterocycles. The van der Waals surface area contributed by atoms with Crippen LogP contribution >= 0.6 is 12.4 Å². The third kappa shape index (κ3) is 3.66. The maximum Gasteiger partial charge on any atom is 0.220 e. The number of carbonyl (C=O) groups excluding carboxylic acids is 1. The quantitative estimate of drug-likeness (QED) is 0.792. The number of carbonyl (C=O) groups is 1. The van der Waals surface area contributed by atoms with E-state index >= 15 is 0 Å². The molecule has 1 amide bonds.